The van der Waals surface area contributed by atoms with Crippen LogP contribution in [-0.4, -0.2) is 40.9 Å². The summed E-state index contributed by atoms with van der Waals surface area (Å²) in [7, 11) is 1.24. The molecule has 90 valence electrons. The Bertz CT molecular complexity index is 322. The third-order valence-electron chi connectivity index (χ3n) is 2.31. The van der Waals surface area contributed by atoms with E-state index < -0.39 is 18.5 Å². The van der Waals surface area contributed by atoms with Crippen LogP contribution >= 0.6 is 11.6 Å². The normalized spacial score (nSPS) is 21.8. The molecule has 3 N–H and O–H groups in total. The van der Waals surface area contributed by atoms with Crippen LogP contribution < -0.4 is 0 Å². The van der Waals surface area contributed by atoms with Crippen molar-refractivity contribution < 1.29 is 20.1 Å². The van der Waals surface area contributed by atoms with Gasteiger partial charge < -0.3 is 20.1 Å². The zero-order chi connectivity index (χ0) is 12.1. The van der Waals surface area contributed by atoms with Gasteiger partial charge in [-0.2, -0.15) is 0 Å². The lowest BCUT2D eigenvalue weighted by molar-refractivity contribution is -0.167. The molecule has 0 amide bonds. The third-order valence-corrected chi connectivity index (χ3v) is 2.68. The molecule has 0 fully saturated rings. The topological polar surface area (TPSA) is 69.9 Å². The maximum Gasteiger partial charge on any atom is 0.183 e. The van der Waals surface area contributed by atoms with Crippen molar-refractivity contribution >= 4 is 11.6 Å². The Morgan fingerprint density at radius 3 is 2.62 bits per heavy atom. The highest BCUT2D eigenvalue weighted by Gasteiger charge is 2.28. The van der Waals surface area contributed by atoms with Crippen molar-refractivity contribution in [2.45, 2.75) is 24.9 Å². The molecule has 0 saturated heterocycles. The lowest BCUT2D eigenvalue weighted by Crippen LogP contribution is -2.39. The van der Waals surface area contributed by atoms with Crippen LogP contribution in [0.5, 0.6) is 0 Å². The first-order valence-corrected chi connectivity index (χ1v) is 5.24. The largest absolute Gasteiger partial charge is 0.385 e. The average molecular weight is 247 g/mol. The van der Waals surface area contributed by atoms with Crippen LogP contribution in [0.2, 0.25) is 0 Å². The van der Waals surface area contributed by atoms with Crippen LogP contribution in [0.15, 0.2) is 34.9 Å². The molecule has 0 aromatic rings. The molecular weight excluding hydrogens is 232 g/mol. The van der Waals surface area contributed by atoms with Crippen LogP contribution in [-0.2, 0) is 4.74 Å². The fourth-order valence-corrected chi connectivity index (χ4v) is 1.62. The molecule has 1 rings (SSSR count). The van der Waals surface area contributed by atoms with Crippen molar-refractivity contribution in [2.75, 3.05) is 7.11 Å². The average Bonchev–Trinajstić information content (AvgIpc) is 2.51. The van der Waals surface area contributed by atoms with Gasteiger partial charge in [-0.1, -0.05) is 35.9 Å². The molecule has 0 aliphatic heterocycles. The molecule has 0 bridgehead atoms. The fraction of sp³-hybridized carbons (Fsp3) is 0.455. The van der Waals surface area contributed by atoms with Crippen molar-refractivity contribution in [2.24, 2.45) is 0 Å². The summed E-state index contributed by atoms with van der Waals surface area (Å²) in [6.45, 7) is 0. The van der Waals surface area contributed by atoms with Crippen LogP contribution in [0.1, 0.15) is 6.42 Å². The molecule has 5 heteroatoms. The predicted molar refractivity (Wildman–Crippen MR) is 60.8 cm³/mol. The molecule has 0 saturated carbocycles. The second-order valence-corrected chi connectivity index (χ2v) is 3.87. The number of hydrogen-bond donors (Lipinski definition) is 3. The van der Waals surface area contributed by atoms with E-state index in [4.69, 9.17) is 11.6 Å². The summed E-state index contributed by atoms with van der Waals surface area (Å²) in [5.74, 6) is 0. The highest BCUT2D eigenvalue weighted by atomic mass is 35.5. The van der Waals surface area contributed by atoms with Crippen molar-refractivity contribution in [3.05, 3.63) is 34.9 Å². The van der Waals surface area contributed by atoms with E-state index in [1.807, 2.05) is 6.08 Å². The highest BCUT2D eigenvalue weighted by Crippen LogP contribution is 2.23. The minimum Gasteiger partial charge on any atom is -0.385 e. The minimum absolute atomic E-state index is 0.385. The summed E-state index contributed by atoms with van der Waals surface area (Å²) in [4.78, 5) is 0. The number of halogens is 1. The maximum absolute atomic E-state index is 9.83. The van der Waals surface area contributed by atoms with E-state index in [0.717, 1.165) is 0 Å². The number of aliphatic hydroxyl groups excluding tert-OH is 3. The second-order valence-electron chi connectivity index (χ2n) is 3.41. The lowest BCUT2D eigenvalue weighted by Gasteiger charge is -2.23. The van der Waals surface area contributed by atoms with Gasteiger partial charge in [-0.15, -0.1) is 0 Å². The van der Waals surface area contributed by atoms with Gasteiger partial charge in [0.25, 0.3) is 0 Å². The Morgan fingerprint density at radius 2 is 2.00 bits per heavy atom. The first kappa shape index (κ1) is 13.4. The molecule has 0 radical (unpaired) electrons. The first-order chi connectivity index (χ1) is 7.57. The molecule has 0 spiro atoms. The van der Waals surface area contributed by atoms with Crippen molar-refractivity contribution in [1.29, 1.82) is 0 Å². The molecule has 1 unspecified atom stereocenters. The predicted octanol–water partition coefficient (Wildman–Crippen LogP) is 0.682. The Balaban J connectivity index is 2.83. The molecule has 1 aliphatic rings. The van der Waals surface area contributed by atoms with Gasteiger partial charge in [0.05, 0.1) is 0 Å². The summed E-state index contributed by atoms with van der Waals surface area (Å²) in [6, 6.07) is 0. The molecule has 0 aromatic carbocycles. The molecular formula is C11H15ClO4. The fourth-order valence-electron chi connectivity index (χ4n) is 1.36. The number of allylic oxidation sites excluding steroid dienone is 4. The molecule has 0 heterocycles. The van der Waals surface area contributed by atoms with E-state index in [2.05, 4.69) is 4.74 Å². The zero-order valence-corrected chi connectivity index (χ0v) is 9.63. The van der Waals surface area contributed by atoms with Gasteiger partial charge in [0, 0.05) is 18.6 Å². The molecule has 4 nitrogen and oxygen atoms in total. The van der Waals surface area contributed by atoms with Crippen LogP contribution in [0, 0.1) is 0 Å². The van der Waals surface area contributed by atoms with Gasteiger partial charge >= 0.3 is 0 Å². The Hall–Kier alpha value is -0.650. The number of aliphatic hydroxyl groups is 3. The van der Waals surface area contributed by atoms with Crippen molar-refractivity contribution in [3.8, 4) is 0 Å². The van der Waals surface area contributed by atoms with Crippen molar-refractivity contribution in [3.63, 3.8) is 0 Å². The van der Waals surface area contributed by atoms with Gasteiger partial charge in [0.2, 0.25) is 0 Å². The Morgan fingerprint density at radius 1 is 1.31 bits per heavy atom. The Kier molecular flexibility index (Phi) is 5.18. The monoisotopic (exact) mass is 246 g/mol. The van der Waals surface area contributed by atoms with Gasteiger partial charge in [-0.05, 0) is 5.57 Å². The lowest BCUT2D eigenvalue weighted by atomic mass is 10.0. The summed E-state index contributed by atoms with van der Waals surface area (Å²) >= 11 is 5.96. The maximum atomic E-state index is 9.83. The van der Waals surface area contributed by atoms with Crippen LogP contribution in [0.4, 0.5) is 0 Å². The highest BCUT2D eigenvalue weighted by molar-refractivity contribution is 6.30. The van der Waals surface area contributed by atoms with Gasteiger partial charge in [-0.25, -0.2) is 0 Å². The molecule has 16 heavy (non-hydrogen) atoms. The van der Waals surface area contributed by atoms with E-state index in [1.54, 1.807) is 18.2 Å². The SMILES string of the molecule is COC(O)[C@H](O)[C@@H](O)C1=C(Cl)CC=CC=C1. The molecule has 1 aliphatic carbocycles. The number of methoxy groups -OCH3 is 1. The Labute approximate surface area is 99.1 Å². The van der Waals surface area contributed by atoms with Gasteiger partial charge in [-0.3, -0.25) is 0 Å². The quantitative estimate of drug-likeness (QED) is 0.638. The number of rotatable bonds is 4. The summed E-state index contributed by atoms with van der Waals surface area (Å²) in [5, 5.41) is 29.1. The summed E-state index contributed by atoms with van der Waals surface area (Å²) in [6.07, 6.45) is 3.25. The van der Waals surface area contributed by atoms with Crippen molar-refractivity contribution in [1.82, 2.24) is 0 Å². The van der Waals surface area contributed by atoms with Crippen LogP contribution in [0.3, 0.4) is 0 Å². The molecule has 0 aromatic heterocycles. The zero-order valence-electron chi connectivity index (χ0n) is 8.88. The number of hydrogen-bond acceptors (Lipinski definition) is 4. The number of ether oxygens (including phenoxy) is 1. The summed E-state index contributed by atoms with van der Waals surface area (Å²) in [5.41, 5.74) is 0.385. The van der Waals surface area contributed by atoms with E-state index in [0.29, 0.717) is 17.0 Å². The van der Waals surface area contributed by atoms with Gasteiger partial charge in [0.15, 0.2) is 6.29 Å². The third kappa shape index (κ3) is 3.17. The van der Waals surface area contributed by atoms with E-state index in [9.17, 15) is 15.3 Å². The standard InChI is InChI=1S/C11H15ClO4/c1-16-11(15)10(14)9(13)7-5-3-2-4-6-8(7)12/h2-5,9-11,13-15H,6H2,1H3/t9-,10+,11?/m0/s1. The van der Waals surface area contributed by atoms with Crippen LogP contribution in [0.25, 0.3) is 0 Å². The molecule has 3 atom stereocenters. The smallest absolute Gasteiger partial charge is 0.183 e. The van der Waals surface area contributed by atoms with E-state index in [1.165, 1.54) is 7.11 Å². The first-order valence-electron chi connectivity index (χ1n) is 4.86. The van der Waals surface area contributed by atoms with E-state index >= 15 is 0 Å². The van der Waals surface area contributed by atoms with E-state index in [-0.39, 0.29) is 0 Å². The second kappa shape index (κ2) is 6.18. The van der Waals surface area contributed by atoms with Gasteiger partial charge in [0.1, 0.15) is 12.2 Å². The minimum atomic E-state index is -1.45. The summed E-state index contributed by atoms with van der Waals surface area (Å²) < 4.78 is 4.53.